The van der Waals surface area contributed by atoms with Crippen molar-refractivity contribution in [3.63, 3.8) is 0 Å². The second kappa shape index (κ2) is 9.31. The smallest absolute Gasteiger partial charge is 0.222 e. The van der Waals surface area contributed by atoms with Crippen LogP contribution in [0.3, 0.4) is 0 Å². The highest BCUT2D eigenvalue weighted by atomic mass is 16.5. The maximum Gasteiger partial charge on any atom is 0.222 e. The van der Waals surface area contributed by atoms with Crippen molar-refractivity contribution in [2.24, 2.45) is 0 Å². The minimum Gasteiger partial charge on any atom is -0.497 e. The van der Waals surface area contributed by atoms with Crippen LogP contribution in [-0.2, 0) is 11.2 Å². The highest BCUT2D eigenvalue weighted by molar-refractivity contribution is 5.76. The largest absolute Gasteiger partial charge is 0.497 e. The summed E-state index contributed by atoms with van der Waals surface area (Å²) in [6.07, 6.45) is 3.13. The minimum atomic E-state index is 0.154. The Kier molecular flexibility index (Phi) is 6.58. The zero-order valence-electron chi connectivity index (χ0n) is 16.0. The SMILES string of the molecule is COc1ccc(OC2CCN(C(=O)CCc3cccc(OC)c3)CC2)cc1. The highest BCUT2D eigenvalue weighted by Crippen LogP contribution is 2.22. The van der Waals surface area contributed by atoms with Gasteiger partial charge in [-0.15, -0.1) is 0 Å². The number of amides is 1. The molecule has 1 fully saturated rings. The number of hydrogen-bond donors (Lipinski definition) is 0. The number of benzene rings is 2. The molecule has 1 heterocycles. The lowest BCUT2D eigenvalue weighted by Crippen LogP contribution is -2.41. The number of piperidine rings is 1. The van der Waals surface area contributed by atoms with Gasteiger partial charge in [-0.25, -0.2) is 0 Å². The number of carbonyl (C=O) groups is 1. The van der Waals surface area contributed by atoms with Gasteiger partial charge in [-0.2, -0.15) is 0 Å². The normalized spacial score (nSPS) is 14.7. The first-order valence-electron chi connectivity index (χ1n) is 9.39. The van der Waals surface area contributed by atoms with Crippen LogP contribution in [0.4, 0.5) is 0 Å². The number of carbonyl (C=O) groups excluding carboxylic acids is 1. The van der Waals surface area contributed by atoms with Crippen LogP contribution in [-0.4, -0.2) is 44.2 Å². The maximum atomic E-state index is 12.5. The minimum absolute atomic E-state index is 0.154. The van der Waals surface area contributed by atoms with Crippen molar-refractivity contribution in [3.8, 4) is 17.2 Å². The van der Waals surface area contributed by atoms with Crippen molar-refractivity contribution < 1.29 is 19.0 Å². The third-order valence-corrected chi connectivity index (χ3v) is 4.92. The van der Waals surface area contributed by atoms with E-state index in [1.807, 2.05) is 53.4 Å². The summed E-state index contributed by atoms with van der Waals surface area (Å²) >= 11 is 0. The Morgan fingerprint density at radius 3 is 2.30 bits per heavy atom. The van der Waals surface area contributed by atoms with Crippen molar-refractivity contribution in [3.05, 3.63) is 54.1 Å². The van der Waals surface area contributed by atoms with Crippen molar-refractivity contribution >= 4 is 5.91 Å². The average Bonchev–Trinajstić information content (AvgIpc) is 2.73. The molecule has 144 valence electrons. The molecular weight excluding hydrogens is 342 g/mol. The molecule has 0 radical (unpaired) electrons. The van der Waals surface area contributed by atoms with Gasteiger partial charge in [0.25, 0.3) is 0 Å². The van der Waals surface area contributed by atoms with Gasteiger partial charge < -0.3 is 19.1 Å². The molecule has 5 nitrogen and oxygen atoms in total. The van der Waals surface area contributed by atoms with Crippen LogP contribution >= 0.6 is 0 Å². The molecule has 3 rings (SSSR count). The summed E-state index contributed by atoms with van der Waals surface area (Å²) in [4.78, 5) is 14.5. The van der Waals surface area contributed by atoms with Crippen LogP contribution in [0, 0.1) is 0 Å². The third-order valence-electron chi connectivity index (χ3n) is 4.92. The van der Waals surface area contributed by atoms with Crippen LogP contribution in [0.1, 0.15) is 24.8 Å². The molecule has 1 amide bonds. The molecule has 0 aliphatic carbocycles. The summed E-state index contributed by atoms with van der Waals surface area (Å²) in [5, 5.41) is 0. The number of rotatable bonds is 7. The quantitative estimate of drug-likeness (QED) is 0.747. The second-order valence-electron chi connectivity index (χ2n) is 6.73. The molecule has 0 unspecified atom stereocenters. The van der Waals surface area contributed by atoms with Gasteiger partial charge in [0.05, 0.1) is 14.2 Å². The molecule has 0 bridgehead atoms. The molecule has 5 heteroatoms. The Morgan fingerprint density at radius 2 is 1.63 bits per heavy atom. The summed E-state index contributed by atoms with van der Waals surface area (Å²) in [5.74, 6) is 2.70. The number of aryl methyl sites for hydroxylation is 1. The number of nitrogens with zero attached hydrogens (tertiary/aromatic N) is 1. The van der Waals surface area contributed by atoms with Crippen molar-refractivity contribution in [2.45, 2.75) is 31.8 Å². The molecule has 1 saturated heterocycles. The molecule has 0 N–H and O–H groups in total. The first-order chi connectivity index (χ1) is 13.2. The third kappa shape index (κ3) is 5.39. The van der Waals surface area contributed by atoms with E-state index in [4.69, 9.17) is 14.2 Å². The fourth-order valence-corrected chi connectivity index (χ4v) is 3.31. The zero-order chi connectivity index (χ0) is 19.1. The second-order valence-corrected chi connectivity index (χ2v) is 6.73. The van der Waals surface area contributed by atoms with Gasteiger partial charge in [-0.1, -0.05) is 12.1 Å². The molecule has 1 aliphatic heterocycles. The van der Waals surface area contributed by atoms with E-state index < -0.39 is 0 Å². The molecule has 1 aliphatic rings. The molecule has 0 spiro atoms. The molecule has 0 atom stereocenters. The van der Waals surface area contributed by atoms with Crippen LogP contribution < -0.4 is 14.2 Å². The molecule has 2 aromatic rings. The monoisotopic (exact) mass is 369 g/mol. The van der Waals surface area contributed by atoms with Gasteiger partial charge in [-0.05, 0) is 48.4 Å². The van der Waals surface area contributed by atoms with Crippen molar-refractivity contribution in [1.82, 2.24) is 4.90 Å². The van der Waals surface area contributed by atoms with Crippen molar-refractivity contribution in [1.29, 1.82) is 0 Å². The Hall–Kier alpha value is -2.69. The van der Waals surface area contributed by atoms with Crippen molar-refractivity contribution in [2.75, 3.05) is 27.3 Å². The Morgan fingerprint density at radius 1 is 0.963 bits per heavy atom. The summed E-state index contributed by atoms with van der Waals surface area (Å²) in [6.45, 7) is 1.50. The first kappa shape index (κ1) is 19.1. The Balaban J connectivity index is 1.43. The predicted octanol–water partition coefficient (Wildman–Crippen LogP) is 3.71. The van der Waals surface area contributed by atoms with E-state index >= 15 is 0 Å². The van der Waals surface area contributed by atoms with Crippen LogP contribution in [0.15, 0.2) is 48.5 Å². The fraction of sp³-hybridized carbons (Fsp3) is 0.409. The average molecular weight is 369 g/mol. The number of ether oxygens (including phenoxy) is 3. The molecule has 0 aromatic heterocycles. The molecule has 27 heavy (non-hydrogen) atoms. The summed E-state index contributed by atoms with van der Waals surface area (Å²) in [5.41, 5.74) is 1.13. The Bertz CT molecular complexity index is 736. The molecule has 2 aromatic carbocycles. The van der Waals surface area contributed by atoms with Crippen LogP contribution in [0.5, 0.6) is 17.2 Å². The summed E-state index contributed by atoms with van der Waals surface area (Å²) in [7, 11) is 3.30. The Labute approximate surface area is 160 Å². The summed E-state index contributed by atoms with van der Waals surface area (Å²) < 4.78 is 16.4. The van der Waals surface area contributed by atoms with E-state index in [1.165, 1.54) is 0 Å². The van der Waals surface area contributed by atoms with Gasteiger partial charge in [-0.3, -0.25) is 4.79 Å². The van der Waals surface area contributed by atoms with E-state index in [1.54, 1.807) is 14.2 Å². The van der Waals surface area contributed by atoms with E-state index in [-0.39, 0.29) is 12.0 Å². The van der Waals surface area contributed by atoms with Crippen LogP contribution in [0.25, 0.3) is 0 Å². The molecule has 0 saturated carbocycles. The predicted molar refractivity (Wildman–Crippen MR) is 105 cm³/mol. The maximum absolute atomic E-state index is 12.5. The van der Waals surface area contributed by atoms with Gasteiger partial charge in [0.1, 0.15) is 23.4 Å². The van der Waals surface area contributed by atoms with E-state index in [9.17, 15) is 4.79 Å². The fourth-order valence-electron chi connectivity index (χ4n) is 3.31. The van der Waals surface area contributed by atoms with E-state index in [0.29, 0.717) is 6.42 Å². The lowest BCUT2D eigenvalue weighted by molar-refractivity contribution is -0.132. The van der Waals surface area contributed by atoms with Gasteiger partial charge in [0, 0.05) is 32.4 Å². The zero-order valence-corrected chi connectivity index (χ0v) is 16.0. The van der Waals surface area contributed by atoms with Gasteiger partial charge in [0.15, 0.2) is 0 Å². The topological polar surface area (TPSA) is 48.0 Å². The number of methoxy groups -OCH3 is 2. The highest BCUT2D eigenvalue weighted by Gasteiger charge is 2.23. The molecular formula is C22H27NO4. The number of likely N-dealkylation sites (tertiary alicyclic amines) is 1. The van der Waals surface area contributed by atoms with E-state index in [0.717, 1.165) is 55.2 Å². The summed E-state index contributed by atoms with van der Waals surface area (Å²) in [6, 6.07) is 15.5. The number of hydrogen-bond acceptors (Lipinski definition) is 4. The lowest BCUT2D eigenvalue weighted by atomic mass is 10.1. The lowest BCUT2D eigenvalue weighted by Gasteiger charge is -2.32. The van der Waals surface area contributed by atoms with E-state index in [2.05, 4.69) is 0 Å². The standard InChI is InChI=1S/C22H27NO4/c1-25-18-7-9-19(10-8-18)27-20-12-14-23(15-13-20)22(24)11-6-17-4-3-5-21(16-17)26-2/h3-5,7-10,16,20H,6,11-15H2,1-2H3. The van der Waals surface area contributed by atoms with Gasteiger partial charge in [0.2, 0.25) is 5.91 Å². The van der Waals surface area contributed by atoms with Gasteiger partial charge >= 0.3 is 0 Å². The van der Waals surface area contributed by atoms with Crippen LogP contribution in [0.2, 0.25) is 0 Å². The first-order valence-corrected chi connectivity index (χ1v) is 9.39.